The van der Waals surface area contributed by atoms with Gasteiger partial charge in [0.1, 0.15) is 12.4 Å². The summed E-state index contributed by atoms with van der Waals surface area (Å²) in [5.41, 5.74) is 2.47. The van der Waals surface area contributed by atoms with E-state index in [-0.39, 0.29) is 35.8 Å². The summed E-state index contributed by atoms with van der Waals surface area (Å²) < 4.78 is 5.72. The summed E-state index contributed by atoms with van der Waals surface area (Å²) in [6.07, 6.45) is 0.766. The molecule has 0 bridgehead atoms. The summed E-state index contributed by atoms with van der Waals surface area (Å²) in [7, 11) is 5.20. The number of amides is 2. The lowest BCUT2D eigenvalue weighted by Crippen LogP contribution is -2.40. The van der Waals surface area contributed by atoms with Crippen LogP contribution in [0.15, 0.2) is 53.5 Å². The smallest absolute Gasteiger partial charge is 0.253 e. The number of ether oxygens (including phenoxy) is 1. The average Bonchev–Trinajstić information content (AvgIpc) is 2.74. The molecule has 2 amide bonds. The fourth-order valence-corrected chi connectivity index (χ4v) is 2.87. The van der Waals surface area contributed by atoms with E-state index in [2.05, 4.69) is 20.9 Å². The lowest BCUT2D eigenvalue weighted by molar-refractivity contribution is -0.114. The van der Waals surface area contributed by atoms with Crippen LogP contribution in [0.1, 0.15) is 22.8 Å². The van der Waals surface area contributed by atoms with Gasteiger partial charge in [-0.3, -0.25) is 14.6 Å². The first kappa shape index (κ1) is 27.2. The summed E-state index contributed by atoms with van der Waals surface area (Å²) in [6.45, 7) is 3.16. The summed E-state index contributed by atoms with van der Waals surface area (Å²) in [6, 6.07) is 14.9. The van der Waals surface area contributed by atoms with Gasteiger partial charge in [-0.2, -0.15) is 0 Å². The molecule has 3 N–H and O–H groups in total. The fourth-order valence-electron chi connectivity index (χ4n) is 2.87. The maximum absolute atomic E-state index is 12.1. The molecule has 2 aromatic carbocycles. The van der Waals surface area contributed by atoms with Crippen molar-refractivity contribution in [2.45, 2.75) is 13.3 Å². The van der Waals surface area contributed by atoms with Crippen molar-refractivity contribution in [3.05, 3.63) is 59.7 Å². The van der Waals surface area contributed by atoms with Crippen LogP contribution in [0.5, 0.6) is 5.75 Å². The Bertz CT molecular complexity index is 918. The van der Waals surface area contributed by atoms with Gasteiger partial charge in [-0.05, 0) is 36.2 Å². The van der Waals surface area contributed by atoms with Crippen molar-refractivity contribution < 1.29 is 14.3 Å². The van der Waals surface area contributed by atoms with Gasteiger partial charge in [-0.15, -0.1) is 24.0 Å². The zero-order valence-electron chi connectivity index (χ0n) is 19.0. The lowest BCUT2D eigenvalue weighted by atomic mass is 10.1. The summed E-state index contributed by atoms with van der Waals surface area (Å²) >= 11 is 0. The minimum Gasteiger partial charge on any atom is -0.492 e. The van der Waals surface area contributed by atoms with E-state index in [0.717, 1.165) is 12.0 Å². The second-order valence-electron chi connectivity index (χ2n) is 7.13. The van der Waals surface area contributed by atoms with Crippen molar-refractivity contribution >= 4 is 47.4 Å². The normalized spacial score (nSPS) is 10.6. The molecule has 174 valence electrons. The second-order valence-corrected chi connectivity index (χ2v) is 7.13. The number of guanidine groups is 1. The van der Waals surface area contributed by atoms with E-state index in [9.17, 15) is 9.59 Å². The number of carbonyl (C=O) groups excluding carboxylic acids is 2. The minimum atomic E-state index is -0.121. The molecular formula is C23H32IN5O3. The van der Waals surface area contributed by atoms with Gasteiger partial charge >= 0.3 is 0 Å². The molecule has 0 aliphatic rings. The van der Waals surface area contributed by atoms with E-state index in [1.807, 2.05) is 42.5 Å². The van der Waals surface area contributed by atoms with Gasteiger partial charge in [-0.25, -0.2) is 0 Å². The van der Waals surface area contributed by atoms with Crippen molar-refractivity contribution in [1.29, 1.82) is 0 Å². The SMILES string of the molecule is CN=C(NCCOc1cccc(NC(C)=O)c1)NCCc1cccc(C(=O)N(C)C)c1.I. The quantitative estimate of drug-likeness (QED) is 0.192. The fraction of sp³-hybridized carbons (Fsp3) is 0.348. The highest BCUT2D eigenvalue weighted by molar-refractivity contribution is 14.0. The van der Waals surface area contributed by atoms with Gasteiger partial charge in [-0.1, -0.05) is 18.2 Å². The Balaban J connectivity index is 0.00000512. The van der Waals surface area contributed by atoms with Crippen LogP contribution in [0.4, 0.5) is 5.69 Å². The van der Waals surface area contributed by atoms with Crippen LogP contribution < -0.4 is 20.7 Å². The van der Waals surface area contributed by atoms with Crippen LogP contribution >= 0.6 is 24.0 Å². The van der Waals surface area contributed by atoms with Crippen molar-refractivity contribution in [3.8, 4) is 5.75 Å². The highest BCUT2D eigenvalue weighted by Crippen LogP contribution is 2.17. The maximum Gasteiger partial charge on any atom is 0.253 e. The molecule has 0 aliphatic carbocycles. The van der Waals surface area contributed by atoms with E-state index in [0.29, 0.717) is 42.7 Å². The first-order valence-electron chi connectivity index (χ1n) is 10.1. The zero-order chi connectivity index (χ0) is 22.6. The van der Waals surface area contributed by atoms with Gasteiger partial charge in [0.15, 0.2) is 5.96 Å². The van der Waals surface area contributed by atoms with Crippen LogP contribution in [-0.2, 0) is 11.2 Å². The van der Waals surface area contributed by atoms with E-state index in [4.69, 9.17) is 4.74 Å². The number of rotatable bonds is 9. The topological polar surface area (TPSA) is 95.1 Å². The predicted molar refractivity (Wildman–Crippen MR) is 139 cm³/mol. The van der Waals surface area contributed by atoms with Crippen molar-refractivity contribution in [1.82, 2.24) is 15.5 Å². The third kappa shape index (κ3) is 9.54. The van der Waals surface area contributed by atoms with Crippen molar-refractivity contribution in [2.24, 2.45) is 4.99 Å². The van der Waals surface area contributed by atoms with Crippen LogP contribution in [0, 0.1) is 0 Å². The highest BCUT2D eigenvalue weighted by Gasteiger charge is 2.08. The first-order valence-corrected chi connectivity index (χ1v) is 10.1. The summed E-state index contributed by atoms with van der Waals surface area (Å²) in [4.78, 5) is 29.0. The number of anilines is 1. The average molecular weight is 553 g/mol. The molecule has 9 heteroatoms. The number of halogens is 1. The van der Waals surface area contributed by atoms with E-state index < -0.39 is 0 Å². The van der Waals surface area contributed by atoms with Crippen LogP contribution in [-0.4, -0.2) is 63.5 Å². The molecule has 8 nitrogen and oxygen atoms in total. The first-order chi connectivity index (χ1) is 14.9. The number of hydrogen-bond acceptors (Lipinski definition) is 4. The van der Waals surface area contributed by atoms with E-state index in [1.165, 1.54) is 6.92 Å². The monoisotopic (exact) mass is 553 g/mol. The molecule has 0 radical (unpaired) electrons. The number of carbonyl (C=O) groups is 2. The molecular weight excluding hydrogens is 521 g/mol. The van der Waals surface area contributed by atoms with E-state index in [1.54, 1.807) is 32.1 Å². The molecule has 0 spiro atoms. The Morgan fingerprint density at radius 2 is 1.75 bits per heavy atom. The van der Waals surface area contributed by atoms with Gasteiger partial charge < -0.3 is 25.6 Å². The standard InChI is InChI=1S/C23H31N5O3.HI/c1-17(29)27-20-9-6-10-21(16-20)31-14-13-26-23(24-2)25-12-11-18-7-5-8-19(15-18)22(30)28(3)4;/h5-10,15-16H,11-14H2,1-4H3,(H,27,29)(H2,24,25,26);1H. The third-order valence-electron chi connectivity index (χ3n) is 4.33. The molecule has 0 saturated carbocycles. The second kappa shape index (κ2) is 14.3. The molecule has 0 heterocycles. The van der Waals surface area contributed by atoms with Crippen LogP contribution in [0.3, 0.4) is 0 Å². The molecule has 0 saturated heterocycles. The number of hydrogen-bond donors (Lipinski definition) is 3. The van der Waals surface area contributed by atoms with Gasteiger partial charge in [0.2, 0.25) is 5.91 Å². The minimum absolute atomic E-state index is 0. The van der Waals surface area contributed by atoms with Crippen molar-refractivity contribution in [3.63, 3.8) is 0 Å². The van der Waals surface area contributed by atoms with Gasteiger partial charge in [0.25, 0.3) is 5.91 Å². The Labute approximate surface area is 206 Å². The third-order valence-corrected chi connectivity index (χ3v) is 4.33. The zero-order valence-corrected chi connectivity index (χ0v) is 21.3. The Kier molecular flexibility index (Phi) is 12.1. The van der Waals surface area contributed by atoms with Crippen molar-refractivity contribution in [2.75, 3.05) is 46.2 Å². The Hall–Kier alpha value is -2.82. The van der Waals surface area contributed by atoms with Gasteiger partial charge in [0.05, 0.1) is 6.54 Å². The summed E-state index contributed by atoms with van der Waals surface area (Å²) in [5.74, 6) is 1.24. The number of nitrogens with zero attached hydrogens (tertiary/aromatic N) is 2. The molecule has 2 rings (SSSR count). The molecule has 0 aromatic heterocycles. The molecule has 0 aliphatic heterocycles. The molecule has 0 atom stereocenters. The number of aliphatic imine (C=N–C) groups is 1. The largest absolute Gasteiger partial charge is 0.492 e. The van der Waals surface area contributed by atoms with E-state index >= 15 is 0 Å². The summed E-state index contributed by atoms with van der Waals surface area (Å²) in [5, 5.41) is 9.19. The Morgan fingerprint density at radius 1 is 1.03 bits per heavy atom. The molecule has 32 heavy (non-hydrogen) atoms. The highest BCUT2D eigenvalue weighted by atomic mass is 127. The molecule has 2 aromatic rings. The Morgan fingerprint density at radius 3 is 2.44 bits per heavy atom. The van der Waals surface area contributed by atoms with Gasteiger partial charge in [0, 0.05) is 51.9 Å². The molecule has 0 fully saturated rings. The molecule has 0 unspecified atom stereocenters. The predicted octanol–water partition coefficient (Wildman–Crippen LogP) is 2.75. The van der Waals surface area contributed by atoms with Crippen LogP contribution in [0.2, 0.25) is 0 Å². The lowest BCUT2D eigenvalue weighted by Gasteiger charge is -2.14. The van der Waals surface area contributed by atoms with Crippen LogP contribution in [0.25, 0.3) is 0 Å². The number of nitrogens with one attached hydrogen (secondary N) is 3. The maximum atomic E-state index is 12.1. The number of benzene rings is 2.